The number of amides is 1. The molecule has 2 aromatic rings. The normalized spacial score (nSPS) is 13.6. The van der Waals surface area contributed by atoms with Gasteiger partial charge in [0.15, 0.2) is 12.4 Å². The fourth-order valence-electron chi connectivity index (χ4n) is 2.96. The van der Waals surface area contributed by atoms with Crippen molar-refractivity contribution in [3.8, 4) is 11.5 Å². The van der Waals surface area contributed by atoms with Crippen LogP contribution >= 0.6 is 0 Å². The second kappa shape index (κ2) is 10.5. The minimum atomic E-state index is -0.350. The Morgan fingerprint density at radius 3 is 2.21 bits per heavy atom. The number of benzene rings is 2. The summed E-state index contributed by atoms with van der Waals surface area (Å²) in [6.45, 7) is 5.40. The third-order valence-electron chi connectivity index (χ3n) is 4.52. The molecule has 1 fully saturated rings. The highest BCUT2D eigenvalue weighted by Gasteiger charge is 2.13. The Labute approximate surface area is 170 Å². The van der Waals surface area contributed by atoms with E-state index in [2.05, 4.69) is 10.2 Å². The van der Waals surface area contributed by atoms with Gasteiger partial charge in [-0.15, -0.1) is 0 Å². The minimum Gasteiger partial charge on any atom is -0.494 e. The third kappa shape index (κ3) is 6.22. The van der Waals surface area contributed by atoms with Crippen LogP contribution in [0, 0.1) is 0 Å². The SMILES string of the molecule is CCOc1ccc(OCC(=O)NCC(=O)c2ccc(N3CCOCC3)cc2)cc1. The van der Waals surface area contributed by atoms with Crippen molar-refractivity contribution in [2.75, 3.05) is 51.0 Å². The summed E-state index contributed by atoms with van der Waals surface area (Å²) in [7, 11) is 0. The van der Waals surface area contributed by atoms with Crippen LogP contribution in [0.25, 0.3) is 0 Å². The first-order valence-corrected chi connectivity index (χ1v) is 9.74. The van der Waals surface area contributed by atoms with E-state index in [0.717, 1.165) is 24.5 Å². The second-order valence-electron chi connectivity index (χ2n) is 6.54. The number of rotatable bonds is 9. The first-order valence-electron chi connectivity index (χ1n) is 9.74. The average molecular weight is 398 g/mol. The molecule has 29 heavy (non-hydrogen) atoms. The van der Waals surface area contributed by atoms with Gasteiger partial charge in [0, 0.05) is 24.3 Å². The lowest BCUT2D eigenvalue weighted by atomic mass is 10.1. The number of nitrogens with one attached hydrogen (secondary N) is 1. The quantitative estimate of drug-likeness (QED) is 0.653. The second-order valence-corrected chi connectivity index (χ2v) is 6.54. The fourth-order valence-corrected chi connectivity index (χ4v) is 2.96. The first kappa shape index (κ1) is 20.7. The van der Waals surface area contributed by atoms with Gasteiger partial charge in [-0.05, 0) is 55.5 Å². The lowest BCUT2D eigenvalue weighted by Crippen LogP contribution is -2.36. The molecule has 3 rings (SSSR count). The van der Waals surface area contributed by atoms with Crippen LogP contribution in [0.5, 0.6) is 11.5 Å². The van der Waals surface area contributed by atoms with Gasteiger partial charge in [-0.1, -0.05) is 0 Å². The molecule has 0 spiro atoms. The maximum absolute atomic E-state index is 12.3. The maximum Gasteiger partial charge on any atom is 0.258 e. The van der Waals surface area contributed by atoms with E-state index in [1.54, 1.807) is 36.4 Å². The zero-order valence-corrected chi connectivity index (χ0v) is 16.6. The number of nitrogens with zero attached hydrogens (tertiary/aromatic N) is 1. The maximum atomic E-state index is 12.3. The van der Waals surface area contributed by atoms with Crippen molar-refractivity contribution in [3.63, 3.8) is 0 Å². The molecule has 0 saturated carbocycles. The van der Waals surface area contributed by atoms with E-state index >= 15 is 0 Å². The van der Waals surface area contributed by atoms with Gasteiger partial charge in [0.05, 0.1) is 26.4 Å². The van der Waals surface area contributed by atoms with Gasteiger partial charge in [0.2, 0.25) is 0 Å². The smallest absolute Gasteiger partial charge is 0.258 e. The zero-order chi connectivity index (χ0) is 20.5. The Kier molecular flexibility index (Phi) is 7.47. The van der Waals surface area contributed by atoms with Crippen molar-refractivity contribution < 1.29 is 23.8 Å². The molecule has 154 valence electrons. The first-order chi connectivity index (χ1) is 14.2. The molecule has 7 heteroatoms. The standard InChI is InChI=1S/C22H26N2O5/c1-2-28-19-7-9-20(10-8-19)29-16-22(26)23-15-21(25)17-3-5-18(6-4-17)24-11-13-27-14-12-24/h3-10H,2,11-16H2,1H3,(H,23,26). The molecule has 0 aromatic heterocycles. The monoisotopic (exact) mass is 398 g/mol. The number of anilines is 1. The summed E-state index contributed by atoms with van der Waals surface area (Å²) in [6, 6.07) is 14.5. The molecule has 1 aliphatic rings. The number of hydrogen-bond donors (Lipinski definition) is 1. The van der Waals surface area contributed by atoms with Crippen molar-refractivity contribution in [2.45, 2.75) is 6.92 Å². The van der Waals surface area contributed by atoms with Gasteiger partial charge in [-0.3, -0.25) is 9.59 Å². The van der Waals surface area contributed by atoms with Crippen molar-refractivity contribution in [1.82, 2.24) is 5.32 Å². The highest BCUT2D eigenvalue weighted by molar-refractivity contribution is 5.99. The van der Waals surface area contributed by atoms with Gasteiger partial charge in [0.1, 0.15) is 11.5 Å². The predicted octanol–water partition coefficient (Wildman–Crippen LogP) is 2.30. The molecule has 0 aliphatic carbocycles. The topological polar surface area (TPSA) is 77.1 Å². The lowest BCUT2D eigenvalue weighted by molar-refractivity contribution is -0.122. The minimum absolute atomic E-state index is 0.0671. The molecule has 0 unspecified atom stereocenters. The largest absolute Gasteiger partial charge is 0.494 e. The van der Waals surface area contributed by atoms with E-state index in [0.29, 0.717) is 31.1 Å². The van der Waals surface area contributed by atoms with E-state index in [1.807, 2.05) is 19.1 Å². The molecule has 0 atom stereocenters. The van der Waals surface area contributed by atoms with E-state index in [-0.39, 0.29) is 24.8 Å². The Hall–Kier alpha value is -3.06. The number of carbonyl (C=O) groups is 2. The number of Topliss-reactive ketones (excluding diaryl/α,β-unsaturated/α-hetero) is 1. The molecule has 1 N–H and O–H groups in total. The molecular formula is C22H26N2O5. The molecular weight excluding hydrogens is 372 g/mol. The number of morpholine rings is 1. The number of carbonyl (C=O) groups excluding carboxylic acids is 2. The van der Waals surface area contributed by atoms with Crippen LogP contribution in [0.3, 0.4) is 0 Å². The van der Waals surface area contributed by atoms with E-state index in [9.17, 15) is 9.59 Å². The summed E-state index contributed by atoms with van der Waals surface area (Å²) >= 11 is 0. The van der Waals surface area contributed by atoms with Crippen LogP contribution in [0.2, 0.25) is 0 Å². The van der Waals surface area contributed by atoms with E-state index in [4.69, 9.17) is 14.2 Å². The van der Waals surface area contributed by atoms with Gasteiger partial charge in [-0.2, -0.15) is 0 Å². The summed E-state index contributed by atoms with van der Waals surface area (Å²) in [4.78, 5) is 26.5. The molecule has 1 heterocycles. The van der Waals surface area contributed by atoms with Crippen LogP contribution in [0.15, 0.2) is 48.5 Å². The number of hydrogen-bond acceptors (Lipinski definition) is 6. The molecule has 2 aromatic carbocycles. The van der Waals surface area contributed by atoms with Crippen molar-refractivity contribution in [1.29, 1.82) is 0 Å². The third-order valence-corrected chi connectivity index (χ3v) is 4.52. The summed E-state index contributed by atoms with van der Waals surface area (Å²) in [5.41, 5.74) is 1.63. The molecule has 0 bridgehead atoms. The van der Waals surface area contributed by atoms with Gasteiger partial charge < -0.3 is 24.4 Å². The van der Waals surface area contributed by atoms with Crippen LogP contribution in [-0.2, 0) is 9.53 Å². The summed E-state index contributed by atoms with van der Waals surface area (Å²) in [5, 5.41) is 2.60. The van der Waals surface area contributed by atoms with E-state index in [1.165, 1.54) is 0 Å². The van der Waals surface area contributed by atoms with Crippen LogP contribution in [0.4, 0.5) is 5.69 Å². The molecule has 1 amide bonds. The number of ether oxygens (including phenoxy) is 3. The van der Waals surface area contributed by atoms with Crippen LogP contribution < -0.4 is 19.7 Å². The van der Waals surface area contributed by atoms with Crippen LogP contribution in [-0.4, -0.2) is 57.8 Å². The molecule has 0 radical (unpaired) electrons. The van der Waals surface area contributed by atoms with Gasteiger partial charge in [0.25, 0.3) is 5.91 Å². The number of ketones is 1. The van der Waals surface area contributed by atoms with Crippen LogP contribution in [0.1, 0.15) is 17.3 Å². The van der Waals surface area contributed by atoms with Gasteiger partial charge in [-0.25, -0.2) is 0 Å². The van der Waals surface area contributed by atoms with Gasteiger partial charge >= 0.3 is 0 Å². The van der Waals surface area contributed by atoms with Crippen molar-refractivity contribution in [3.05, 3.63) is 54.1 Å². The highest BCUT2D eigenvalue weighted by Crippen LogP contribution is 2.18. The van der Waals surface area contributed by atoms with Crippen molar-refractivity contribution >= 4 is 17.4 Å². The van der Waals surface area contributed by atoms with E-state index < -0.39 is 0 Å². The Morgan fingerprint density at radius 2 is 1.59 bits per heavy atom. The Balaban J connectivity index is 1.41. The Bertz CT molecular complexity index is 799. The summed E-state index contributed by atoms with van der Waals surface area (Å²) in [6.07, 6.45) is 0. The molecule has 1 aliphatic heterocycles. The summed E-state index contributed by atoms with van der Waals surface area (Å²) < 4.78 is 16.1. The lowest BCUT2D eigenvalue weighted by Gasteiger charge is -2.28. The molecule has 7 nitrogen and oxygen atoms in total. The molecule has 1 saturated heterocycles. The van der Waals surface area contributed by atoms with Crippen molar-refractivity contribution in [2.24, 2.45) is 0 Å². The fraction of sp³-hybridized carbons (Fsp3) is 0.364. The summed E-state index contributed by atoms with van der Waals surface area (Å²) in [5.74, 6) is 0.813. The average Bonchev–Trinajstić information content (AvgIpc) is 2.78. The zero-order valence-electron chi connectivity index (χ0n) is 16.6. The Morgan fingerprint density at radius 1 is 0.966 bits per heavy atom. The predicted molar refractivity (Wildman–Crippen MR) is 110 cm³/mol. The highest BCUT2D eigenvalue weighted by atomic mass is 16.5.